The fourth-order valence-electron chi connectivity index (χ4n) is 2.89. The van der Waals surface area contributed by atoms with Gasteiger partial charge in [-0.1, -0.05) is 61.5 Å². The van der Waals surface area contributed by atoms with Gasteiger partial charge in [0.05, 0.1) is 0 Å². The van der Waals surface area contributed by atoms with E-state index in [2.05, 4.69) is 61.5 Å². The quantitative estimate of drug-likeness (QED) is 0.654. The summed E-state index contributed by atoms with van der Waals surface area (Å²) < 4.78 is 0. The molecule has 0 saturated heterocycles. The smallest absolute Gasteiger partial charge is 0.00978 e. The zero-order chi connectivity index (χ0) is 11.0. The first kappa shape index (κ1) is 9.65. The molecule has 0 heteroatoms. The summed E-state index contributed by atoms with van der Waals surface area (Å²) in [7, 11) is 0. The fraction of sp³-hybridized carbons (Fsp3) is 0.250. The third-order valence-corrected chi connectivity index (χ3v) is 3.69. The van der Waals surface area contributed by atoms with Gasteiger partial charge in [-0.2, -0.15) is 0 Å². The van der Waals surface area contributed by atoms with Crippen LogP contribution >= 0.6 is 0 Å². The highest BCUT2D eigenvalue weighted by molar-refractivity contribution is 5.44. The van der Waals surface area contributed by atoms with Crippen molar-refractivity contribution in [3.05, 3.63) is 71.3 Å². The van der Waals surface area contributed by atoms with Crippen molar-refractivity contribution in [2.45, 2.75) is 25.2 Å². The van der Waals surface area contributed by atoms with Gasteiger partial charge in [-0.15, -0.1) is 0 Å². The van der Waals surface area contributed by atoms with Crippen molar-refractivity contribution in [3.8, 4) is 0 Å². The summed E-state index contributed by atoms with van der Waals surface area (Å²) in [4.78, 5) is 0. The van der Waals surface area contributed by atoms with Crippen LogP contribution in [-0.4, -0.2) is 0 Å². The number of hydrogen-bond acceptors (Lipinski definition) is 0. The predicted octanol–water partition coefficient (Wildman–Crippen LogP) is 4.33. The molecule has 3 rings (SSSR count). The molecule has 0 heterocycles. The van der Waals surface area contributed by atoms with Crippen LogP contribution in [0.2, 0.25) is 0 Å². The van der Waals surface area contributed by atoms with E-state index in [0.717, 1.165) is 0 Å². The van der Waals surface area contributed by atoms with Crippen LogP contribution in [0.4, 0.5) is 0 Å². The molecule has 0 spiro atoms. The van der Waals surface area contributed by atoms with E-state index in [-0.39, 0.29) is 0 Å². The number of rotatable bonds is 1. The van der Waals surface area contributed by atoms with Gasteiger partial charge in [0.1, 0.15) is 0 Å². The second-order valence-corrected chi connectivity index (χ2v) is 4.73. The maximum absolute atomic E-state index is 2.34. The predicted molar refractivity (Wildman–Crippen MR) is 67.8 cm³/mol. The van der Waals surface area contributed by atoms with Gasteiger partial charge >= 0.3 is 0 Å². The van der Waals surface area contributed by atoms with Crippen molar-refractivity contribution < 1.29 is 0 Å². The summed E-state index contributed by atoms with van der Waals surface area (Å²) in [5, 5.41) is 0. The highest BCUT2D eigenvalue weighted by Crippen LogP contribution is 2.44. The first-order valence-electron chi connectivity index (χ1n) is 6.00. The summed E-state index contributed by atoms with van der Waals surface area (Å²) in [6.07, 6.45) is 1.25. The molecule has 2 atom stereocenters. The van der Waals surface area contributed by atoms with Crippen LogP contribution in [0.5, 0.6) is 0 Å². The van der Waals surface area contributed by atoms with Crippen LogP contribution in [0.15, 0.2) is 54.6 Å². The van der Waals surface area contributed by atoms with Gasteiger partial charge in [0.25, 0.3) is 0 Å². The standard InChI is InChI=1S/C16H16/c1-12-11-16(13-7-3-2-4-8-13)15-10-6-5-9-14(12)15/h2-10,12,16H,11H2,1H3/t12-,16+/m1/s1. The normalized spacial score (nSPS) is 23.1. The molecule has 0 saturated carbocycles. The zero-order valence-corrected chi connectivity index (χ0v) is 9.56. The molecular weight excluding hydrogens is 192 g/mol. The average molecular weight is 208 g/mol. The maximum Gasteiger partial charge on any atom is 0.00978 e. The Morgan fingerprint density at radius 2 is 1.44 bits per heavy atom. The average Bonchev–Trinajstić information content (AvgIpc) is 2.69. The fourth-order valence-corrected chi connectivity index (χ4v) is 2.89. The Morgan fingerprint density at radius 1 is 0.812 bits per heavy atom. The molecule has 0 nitrogen and oxygen atoms in total. The molecule has 0 amide bonds. The summed E-state index contributed by atoms with van der Waals surface area (Å²) in [6.45, 7) is 2.34. The first-order valence-corrected chi connectivity index (χ1v) is 6.00. The molecule has 0 aromatic heterocycles. The summed E-state index contributed by atoms with van der Waals surface area (Å²) in [6, 6.07) is 19.8. The minimum Gasteiger partial charge on any atom is -0.0622 e. The van der Waals surface area contributed by atoms with E-state index < -0.39 is 0 Å². The SMILES string of the molecule is C[C@@H]1C[C@@H](c2ccccc2)c2ccccc21. The van der Waals surface area contributed by atoms with E-state index in [1.165, 1.54) is 23.1 Å². The Hall–Kier alpha value is -1.56. The van der Waals surface area contributed by atoms with E-state index in [9.17, 15) is 0 Å². The van der Waals surface area contributed by atoms with Gasteiger partial charge in [-0.25, -0.2) is 0 Å². The third kappa shape index (κ3) is 1.46. The molecule has 0 bridgehead atoms. The lowest BCUT2D eigenvalue weighted by atomic mass is 9.93. The lowest BCUT2D eigenvalue weighted by Crippen LogP contribution is -1.95. The van der Waals surface area contributed by atoms with Crippen molar-refractivity contribution in [2.75, 3.05) is 0 Å². The van der Waals surface area contributed by atoms with Crippen LogP contribution in [-0.2, 0) is 0 Å². The molecule has 0 unspecified atom stereocenters. The van der Waals surface area contributed by atoms with E-state index in [1.54, 1.807) is 0 Å². The molecule has 16 heavy (non-hydrogen) atoms. The van der Waals surface area contributed by atoms with Gasteiger partial charge < -0.3 is 0 Å². The van der Waals surface area contributed by atoms with E-state index >= 15 is 0 Å². The van der Waals surface area contributed by atoms with Crippen molar-refractivity contribution in [1.82, 2.24) is 0 Å². The first-order chi connectivity index (χ1) is 7.86. The lowest BCUT2D eigenvalue weighted by Gasteiger charge is -2.11. The number of benzene rings is 2. The van der Waals surface area contributed by atoms with Crippen molar-refractivity contribution in [2.24, 2.45) is 0 Å². The van der Waals surface area contributed by atoms with Gasteiger partial charge in [0.2, 0.25) is 0 Å². The molecule has 0 N–H and O–H groups in total. The third-order valence-electron chi connectivity index (χ3n) is 3.69. The largest absolute Gasteiger partial charge is 0.0622 e. The molecule has 1 aliphatic rings. The Balaban J connectivity index is 2.07. The molecule has 80 valence electrons. The van der Waals surface area contributed by atoms with Gasteiger partial charge in [-0.05, 0) is 29.0 Å². The minimum atomic E-state index is 0.604. The summed E-state index contributed by atoms with van der Waals surface area (Å²) in [5.41, 5.74) is 4.52. The highest BCUT2D eigenvalue weighted by atomic mass is 14.3. The van der Waals surface area contributed by atoms with Crippen molar-refractivity contribution in [1.29, 1.82) is 0 Å². The Kier molecular flexibility index (Phi) is 2.28. The van der Waals surface area contributed by atoms with Gasteiger partial charge in [0, 0.05) is 5.92 Å². The molecule has 2 aromatic rings. The van der Waals surface area contributed by atoms with E-state index in [4.69, 9.17) is 0 Å². The van der Waals surface area contributed by atoms with Crippen molar-refractivity contribution in [3.63, 3.8) is 0 Å². The highest BCUT2D eigenvalue weighted by Gasteiger charge is 2.28. The van der Waals surface area contributed by atoms with Gasteiger partial charge in [-0.3, -0.25) is 0 Å². The van der Waals surface area contributed by atoms with E-state index in [1.807, 2.05) is 0 Å². The molecule has 0 radical (unpaired) electrons. The second kappa shape index (κ2) is 3.79. The minimum absolute atomic E-state index is 0.604. The zero-order valence-electron chi connectivity index (χ0n) is 9.56. The van der Waals surface area contributed by atoms with Gasteiger partial charge in [0.15, 0.2) is 0 Å². The Bertz CT molecular complexity index is 484. The number of fused-ring (bicyclic) bond motifs is 1. The molecule has 2 aromatic carbocycles. The second-order valence-electron chi connectivity index (χ2n) is 4.73. The van der Waals surface area contributed by atoms with Crippen LogP contribution in [0.1, 0.15) is 41.9 Å². The molecule has 0 fully saturated rings. The van der Waals surface area contributed by atoms with Crippen LogP contribution in [0.25, 0.3) is 0 Å². The monoisotopic (exact) mass is 208 g/mol. The maximum atomic E-state index is 2.34. The van der Waals surface area contributed by atoms with Crippen LogP contribution in [0, 0.1) is 0 Å². The number of hydrogen-bond donors (Lipinski definition) is 0. The Labute approximate surface area is 96.9 Å². The molecule has 1 aliphatic carbocycles. The molecule has 0 aliphatic heterocycles. The Morgan fingerprint density at radius 3 is 2.19 bits per heavy atom. The molecular formula is C16H16. The van der Waals surface area contributed by atoms with Crippen molar-refractivity contribution >= 4 is 0 Å². The van der Waals surface area contributed by atoms with E-state index in [0.29, 0.717) is 11.8 Å². The van der Waals surface area contributed by atoms with Crippen LogP contribution < -0.4 is 0 Å². The lowest BCUT2D eigenvalue weighted by molar-refractivity contribution is 0.686. The summed E-state index contributed by atoms with van der Waals surface area (Å²) in [5.74, 6) is 1.30. The topological polar surface area (TPSA) is 0 Å². The summed E-state index contributed by atoms with van der Waals surface area (Å²) >= 11 is 0. The van der Waals surface area contributed by atoms with Crippen LogP contribution in [0.3, 0.4) is 0 Å².